The van der Waals surface area contributed by atoms with E-state index in [0.29, 0.717) is 5.75 Å². The fourth-order valence-corrected chi connectivity index (χ4v) is 0.966. The molecular formula is C13H19NO4. The number of rotatable bonds is 4. The third kappa shape index (κ3) is 7.27. The number of amides is 1. The van der Waals surface area contributed by atoms with E-state index < -0.39 is 0 Å². The molecule has 0 aliphatic rings. The third-order valence-corrected chi connectivity index (χ3v) is 2.12. The largest absolute Gasteiger partial charge is 0.508 e. The molecule has 0 fully saturated rings. The van der Waals surface area contributed by atoms with Gasteiger partial charge in [-0.25, -0.2) is 0 Å². The summed E-state index contributed by atoms with van der Waals surface area (Å²) in [5.41, 5.74) is 1.26. The van der Waals surface area contributed by atoms with Crippen molar-refractivity contribution < 1.29 is 19.4 Å². The monoisotopic (exact) mass is 253 g/mol. The number of carbonyl (C=O) groups is 2. The van der Waals surface area contributed by atoms with Crippen LogP contribution in [0.3, 0.4) is 0 Å². The Hall–Kier alpha value is -2.04. The summed E-state index contributed by atoms with van der Waals surface area (Å²) in [6, 6.07) is 7.27. The van der Waals surface area contributed by atoms with Crippen LogP contribution in [0.15, 0.2) is 24.3 Å². The first-order valence-corrected chi connectivity index (χ1v) is 5.54. The molecule has 0 saturated heterocycles. The molecule has 1 amide bonds. The van der Waals surface area contributed by atoms with Crippen molar-refractivity contribution in [2.45, 2.75) is 13.3 Å². The molecule has 0 aliphatic carbocycles. The number of phenols is 1. The van der Waals surface area contributed by atoms with Crippen molar-refractivity contribution in [3.05, 3.63) is 29.8 Å². The van der Waals surface area contributed by atoms with Gasteiger partial charge in [-0.3, -0.25) is 9.59 Å². The molecule has 0 spiro atoms. The lowest BCUT2D eigenvalue weighted by Gasteiger charge is -2.07. The van der Waals surface area contributed by atoms with Crippen LogP contribution >= 0.6 is 0 Å². The van der Waals surface area contributed by atoms with Gasteiger partial charge >= 0.3 is 0 Å². The van der Waals surface area contributed by atoms with Gasteiger partial charge in [-0.2, -0.15) is 0 Å². The Labute approximate surface area is 107 Å². The molecule has 1 N–H and O–H groups in total. The highest BCUT2D eigenvalue weighted by molar-refractivity contribution is 5.77. The van der Waals surface area contributed by atoms with E-state index in [1.807, 2.05) is 12.1 Å². The van der Waals surface area contributed by atoms with Crippen LogP contribution in [-0.4, -0.2) is 43.1 Å². The predicted molar refractivity (Wildman–Crippen MR) is 68.2 cm³/mol. The lowest BCUT2D eigenvalue weighted by molar-refractivity contribution is -0.141. The van der Waals surface area contributed by atoms with Crippen LogP contribution in [-0.2, 0) is 20.7 Å². The van der Waals surface area contributed by atoms with Crippen LogP contribution in [0.4, 0.5) is 0 Å². The van der Waals surface area contributed by atoms with Gasteiger partial charge in [0.05, 0.1) is 0 Å². The molecule has 18 heavy (non-hydrogen) atoms. The molecule has 0 aromatic heterocycles. The highest BCUT2D eigenvalue weighted by atomic mass is 16.5. The Kier molecular flexibility index (Phi) is 8.01. The Morgan fingerprint density at radius 3 is 2.28 bits per heavy atom. The summed E-state index contributed by atoms with van der Waals surface area (Å²) in [5, 5.41) is 8.85. The zero-order valence-corrected chi connectivity index (χ0v) is 10.9. The van der Waals surface area contributed by atoms with Crippen LogP contribution in [0.1, 0.15) is 12.5 Å². The van der Waals surface area contributed by atoms with Crippen molar-refractivity contribution >= 4 is 12.4 Å². The van der Waals surface area contributed by atoms with E-state index in [0.717, 1.165) is 6.42 Å². The van der Waals surface area contributed by atoms with Crippen molar-refractivity contribution in [1.82, 2.24) is 4.90 Å². The van der Waals surface area contributed by atoms with Crippen LogP contribution in [0.25, 0.3) is 0 Å². The number of nitrogens with zero attached hydrogens (tertiary/aromatic N) is 1. The molecule has 0 saturated carbocycles. The van der Waals surface area contributed by atoms with E-state index in [4.69, 9.17) is 5.11 Å². The van der Waals surface area contributed by atoms with E-state index >= 15 is 0 Å². The van der Waals surface area contributed by atoms with Gasteiger partial charge in [0.15, 0.2) is 6.61 Å². The number of likely N-dealkylation sites (N-methyl/N-ethyl adjacent to an activating group) is 1. The molecular weight excluding hydrogens is 234 g/mol. The summed E-state index contributed by atoms with van der Waals surface area (Å²) >= 11 is 0. The van der Waals surface area contributed by atoms with Crippen molar-refractivity contribution in [3.63, 3.8) is 0 Å². The van der Waals surface area contributed by atoms with Crippen molar-refractivity contribution in [2.24, 2.45) is 0 Å². The highest BCUT2D eigenvalue weighted by Gasteiger charge is 2.01. The van der Waals surface area contributed by atoms with Crippen molar-refractivity contribution in [3.8, 4) is 5.75 Å². The molecule has 1 aromatic rings. The molecule has 0 radical (unpaired) electrons. The minimum absolute atomic E-state index is 0.170. The van der Waals surface area contributed by atoms with E-state index in [9.17, 15) is 9.59 Å². The van der Waals surface area contributed by atoms with Gasteiger partial charge in [0, 0.05) is 14.1 Å². The van der Waals surface area contributed by atoms with Crippen LogP contribution in [0.2, 0.25) is 0 Å². The predicted octanol–water partition coefficient (Wildman–Crippen LogP) is 1.20. The molecule has 1 rings (SSSR count). The number of ether oxygens (including phenoxy) is 1. The number of hydrogen-bond acceptors (Lipinski definition) is 4. The average Bonchev–Trinajstić information content (AvgIpc) is 2.37. The maximum Gasteiger partial charge on any atom is 0.293 e. The second-order valence-corrected chi connectivity index (χ2v) is 3.72. The van der Waals surface area contributed by atoms with Gasteiger partial charge in [-0.05, 0) is 24.1 Å². The fraction of sp³-hybridized carbons (Fsp3) is 0.385. The number of benzene rings is 1. The zero-order chi connectivity index (χ0) is 14.0. The van der Waals surface area contributed by atoms with Crippen LogP contribution in [0.5, 0.6) is 5.75 Å². The molecule has 5 nitrogen and oxygen atoms in total. The normalized spacial score (nSPS) is 8.83. The standard InChI is InChI=1S/C8H10O.C5H9NO3/c1-2-7-3-5-8(9)6-4-7;1-6(2)5(8)3-9-4-7/h3-6,9H,2H2,1H3;4H,3H2,1-2H3. The number of carbonyl (C=O) groups excluding carboxylic acids is 2. The van der Waals surface area contributed by atoms with Gasteiger partial charge in [-0.15, -0.1) is 0 Å². The molecule has 0 heterocycles. The summed E-state index contributed by atoms with van der Waals surface area (Å²) in [5.74, 6) is 0.120. The Balaban J connectivity index is 0.000000321. The van der Waals surface area contributed by atoms with Crippen LogP contribution in [0, 0.1) is 0 Å². The second-order valence-electron chi connectivity index (χ2n) is 3.72. The summed E-state index contributed by atoms with van der Waals surface area (Å²) in [7, 11) is 3.19. The molecule has 100 valence electrons. The Morgan fingerprint density at radius 2 is 1.89 bits per heavy atom. The Bertz CT molecular complexity index is 360. The minimum Gasteiger partial charge on any atom is -0.508 e. The fourth-order valence-electron chi connectivity index (χ4n) is 0.966. The molecule has 0 bridgehead atoms. The number of aromatic hydroxyl groups is 1. The first-order chi connectivity index (χ1) is 8.51. The lowest BCUT2D eigenvalue weighted by atomic mass is 10.2. The lowest BCUT2D eigenvalue weighted by Crippen LogP contribution is -2.25. The molecule has 1 aromatic carbocycles. The molecule has 0 unspecified atom stereocenters. The molecule has 0 aliphatic heterocycles. The molecule has 0 atom stereocenters. The van der Waals surface area contributed by atoms with Gasteiger partial charge in [-0.1, -0.05) is 19.1 Å². The quantitative estimate of drug-likeness (QED) is 0.819. The molecule has 5 heteroatoms. The summed E-state index contributed by atoms with van der Waals surface area (Å²) in [4.78, 5) is 21.4. The number of aryl methyl sites for hydroxylation is 1. The summed E-state index contributed by atoms with van der Waals surface area (Å²) < 4.78 is 4.18. The van der Waals surface area contributed by atoms with E-state index in [2.05, 4.69) is 11.7 Å². The first kappa shape index (κ1) is 16.0. The highest BCUT2D eigenvalue weighted by Crippen LogP contribution is 2.09. The topological polar surface area (TPSA) is 66.8 Å². The van der Waals surface area contributed by atoms with Gasteiger partial charge < -0.3 is 14.7 Å². The van der Waals surface area contributed by atoms with Crippen LogP contribution < -0.4 is 0 Å². The third-order valence-electron chi connectivity index (χ3n) is 2.12. The summed E-state index contributed by atoms with van der Waals surface area (Å²) in [6.07, 6.45) is 1.03. The summed E-state index contributed by atoms with van der Waals surface area (Å²) in [6.45, 7) is 2.17. The first-order valence-electron chi connectivity index (χ1n) is 5.54. The average molecular weight is 253 g/mol. The van der Waals surface area contributed by atoms with Gasteiger partial charge in [0.1, 0.15) is 5.75 Å². The zero-order valence-electron chi connectivity index (χ0n) is 10.9. The minimum atomic E-state index is -0.220. The maximum atomic E-state index is 10.5. The smallest absolute Gasteiger partial charge is 0.293 e. The van der Waals surface area contributed by atoms with Crippen molar-refractivity contribution in [2.75, 3.05) is 20.7 Å². The number of hydrogen-bond donors (Lipinski definition) is 1. The van der Waals surface area contributed by atoms with E-state index in [1.165, 1.54) is 10.5 Å². The number of phenolic OH excluding ortho intramolecular Hbond substituents is 1. The van der Waals surface area contributed by atoms with E-state index in [-0.39, 0.29) is 19.0 Å². The van der Waals surface area contributed by atoms with E-state index in [1.54, 1.807) is 26.2 Å². The van der Waals surface area contributed by atoms with Crippen molar-refractivity contribution in [1.29, 1.82) is 0 Å². The van der Waals surface area contributed by atoms with Gasteiger partial charge in [0.2, 0.25) is 0 Å². The second kappa shape index (κ2) is 9.04. The Morgan fingerprint density at radius 1 is 1.33 bits per heavy atom. The maximum absolute atomic E-state index is 10.5. The SMILES string of the molecule is CCc1ccc(O)cc1.CN(C)C(=O)COC=O. The van der Waals surface area contributed by atoms with Gasteiger partial charge in [0.25, 0.3) is 12.4 Å².